The maximum absolute atomic E-state index is 12.1. The Morgan fingerprint density at radius 3 is 2.84 bits per heavy atom. The van der Waals surface area contributed by atoms with Gasteiger partial charge in [0, 0.05) is 17.7 Å². The van der Waals surface area contributed by atoms with E-state index < -0.39 is 5.41 Å². The Morgan fingerprint density at radius 2 is 2.16 bits per heavy atom. The molecule has 0 fully saturated rings. The van der Waals surface area contributed by atoms with Crippen molar-refractivity contribution in [3.05, 3.63) is 23.8 Å². The minimum atomic E-state index is -0.508. The standard InChI is InChI=1S/C15H18O3S/c1-4-15(2,3)14(17)18-12-7-5-6-10-11(16)8-9-19-13(10)12/h5-7H,4,8-9H2,1-3H3. The molecule has 0 N–H and O–H groups in total. The summed E-state index contributed by atoms with van der Waals surface area (Å²) in [7, 11) is 0. The maximum atomic E-state index is 12.1. The fourth-order valence-corrected chi connectivity index (χ4v) is 2.81. The van der Waals surface area contributed by atoms with Crippen LogP contribution in [0, 0.1) is 5.41 Å². The molecule has 0 atom stereocenters. The topological polar surface area (TPSA) is 43.4 Å². The number of benzene rings is 1. The molecule has 0 saturated carbocycles. The number of esters is 1. The number of ether oxygens (including phenoxy) is 1. The van der Waals surface area contributed by atoms with Crippen LogP contribution in [0.4, 0.5) is 0 Å². The smallest absolute Gasteiger partial charge is 0.316 e. The largest absolute Gasteiger partial charge is 0.425 e. The number of carbonyl (C=O) groups is 2. The molecule has 1 aromatic rings. The van der Waals surface area contributed by atoms with E-state index in [0.717, 1.165) is 10.6 Å². The Bertz CT molecular complexity index is 520. The fourth-order valence-electron chi connectivity index (χ4n) is 1.73. The van der Waals surface area contributed by atoms with E-state index in [4.69, 9.17) is 4.74 Å². The summed E-state index contributed by atoms with van der Waals surface area (Å²) in [4.78, 5) is 24.7. The van der Waals surface area contributed by atoms with Gasteiger partial charge in [0.1, 0.15) is 5.75 Å². The summed E-state index contributed by atoms with van der Waals surface area (Å²) in [6.07, 6.45) is 1.27. The zero-order valence-electron chi connectivity index (χ0n) is 11.5. The molecule has 1 heterocycles. The summed E-state index contributed by atoms with van der Waals surface area (Å²) in [5.74, 6) is 1.14. The van der Waals surface area contributed by atoms with Crippen molar-refractivity contribution >= 4 is 23.5 Å². The van der Waals surface area contributed by atoms with E-state index in [-0.39, 0.29) is 11.8 Å². The van der Waals surface area contributed by atoms with Gasteiger partial charge in [0.15, 0.2) is 5.78 Å². The second-order valence-corrected chi connectivity index (χ2v) is 6.39. The molecule has 1 aliphatic heterocycles. The molecule has 4 heteroatoms. The summed E-state index contributed by atoms with van der Waals surface area (Å²) in [5, 5.41) is 0. The van der Waals surface area contributed by atoms with Crippen LogP contribution >= 0.6 is 11.8 Å². The molecule has 0 saturated heterocycles. The maximum Gasteiger partial charge on any atom is 0.316 e. The summed E-state index contributed by atoms with van der Waals surface area (Å²) in [6, 6.07) is 5.32. The minimum absolute atomic E-state index is 0.126. The second-order valence-electron chi connectivity index (χ2n) is 5.28. The van der Waals surface area contributed by atoms with Crippen LogP contribution in [-0.2, 0) is 4.79 Å². The van der Waals surface area contributed by atoms with Gasteiger partial charge >= 0.3 is 5.97 Å². The molecule has 0 unspecified atom stereocenters. The third kappa shape index (κ3) is 2.84. The van der Waals surface area contributed by atoms with Crippen LogP contribution < -0.4 is 4.74 Å². The molecule has 0 amide bonds. The molecule has 1 aliphatic rings. The molecule has 0 aliphatic carbocycles. The van der Waals surface area contributed by atoms with Gasteiger partial charge in [0.2, 0.25) is 0 Å². The summed E-state index contributed by atoms with van der Waals surface area (Å²) in [5.41, 5.74) is 0.169. The first-order valence-electron chi connectivity index (χ1n) is 6.47. The summed E-state index contributed by atoms with van der Waals surface area (Å²) in [6.45, 7) is 5.69. The predicted octanol–water partition coefficient (Wildman–Crippen LogP) is 3.71. The van der Waals surface area contributed by atoms with Crippen LogP contribution in [0.15, 0.2) is 23.1 Å². The van der Waals surface area contributed by atoms with Gasteiger partial charge in [-0.15, -0.1) is 11.8 Å². The number of thioether (sulfide) groups is 1. The molecule has 19 heavy (non-hydrogen) atoms. The molecule has 0 bridgehead atoms. The van der Waals surface area contributed by atoms with E-state index in [1.54, 1.807) is 30.0 Å². The minimum Gasteiger partial charge on any atom is -0.425 e. The van der Waals surface area contributed by atoms with Crippen molar-refractivity contribution in [1.29, 1.82) is 0 Å². The highest BCUT2D eigenvalue weighted by atomic mass is 32.2. The number of hydrogen-bond acceptors (Lipinski definition) is 4. The van der Waals surface area contributed by atoms with E-state index in [1.165, 1.54) is 0 Å². The normalized spacial score (nSPS) is 15.0. The predicted molar refractivity (Wildman–Crippen MR) is 75.8 cm³/mol. The summed E-state index contributed by atoms with van der Waals surface area (Å²) >= 11 is 1.58. The second kappa shape index (κ2) is 5.37. The third-order valence-corrected chi connectivity index (χ3v) is 4.61. The van der Waals surface area contributed by atoms with Crippen molar-refractivity contribution < 1.29 is 14.3 Å². The van der Waals surface area contributed by atoms with E-state index in [0.29, 0.717) is 24.2 Å². The van der Waals surface area contributed by atoms with E-state index in [2.05, 4.69) is 0 Å². The lowest BCUT2D eigenvalue weighted by atomic mass is 9.91. The molecule has 0 radical (unpaired) electrons. The third-order valence-electron chi connectivity index (χ3n) is 3.49. The number of rotatable bonds is 3. The van der Waals surface area contributed by atoms with Gasteiger partial charge < -0.3 is 4.74 Å². The molecule has 3 nitrogen and oxygen atoms in total. The average molecular weight is 278 g/mol. The SMILES string of the molecule is CCC(C)(C)C(=O)Oc1cccc2c1SCCC2=O. The van der Waals surface area contributed by atoms with Gasteiger partial charge in [0.05, 0.1) is 10.3 Å². The monoisotopic (exact) mass is 278 g/mol. The van der Waals surface area contributed by atoms with Gasteiger partial charge in [-0.1, -0.05) is 19.1 Å². The van der Waals surface area contributed by atoms with Crippen molar-refractivity contribution in [2.45, 2.75) is 38.5 Å². The van der Waals surface area contributed by atoms with E-state index in [1.807, 2.05) is 20.8 Å². The van der Waals surface area contributed by atoms with Crippen molar-refractivity contribution in [3.63, 3.8) is 0 Å². The Labute approximate surface area is 117 Å². The van der Waals surface area contributed by atoms with E-state index in [9.17, 15) is 9.59 Å². The molecular weight excluding hydrogens is 260 g/mol. The van der Waals surface area contributed by atoms with Crippen LogP contribution in [-0.4, -0.2) is 17.5 Å². The number of carbonyl (C=O) groups excluding carboxylic acids is 2. The number of fused-ring (bicyclic) bond motifs is 1. The molecular formula is C15H18O3S. The van der Waals surface area contributed by atoms with Crippen LogP contribution in [0.5, 0.6) is 5.75 Å². The van der Waals surface area contributed by atoms with Gasteiger partial charge in [-0.3, -0.25) is 9.59 Å². The lowest BCUT2D eigenvalue weighted by Gasteiger charge is -2.22. The van der Waals surface area contributed by atoms with Gasteiger partial charge in [-0.2, -0.15) is 0 Å². The quantitative estimate of drug-likeness (QED) is 0.624. The lowest BCUT2D eigenvalue weighted by Crippen LogP contribution is -2.28. The van der Waals surface area contributed by atoms with Crippen LogP contribution in [0.3, 0.4) is 0 Å². The first-order valence-corrected chi connectivity index (χ1v) is 7.45. The number of hydrogen-bond donors (Lipinski definition) is 0. The molecule has 1 aromatic carbocycles. The van der Waals surface area contributed by atoms with Crippen molar-refractivity contribution in [1.82, 2.24) is 0 Å². The van der Waals surface area contributed by atoms with Crippen molar-refractivity contribution in [2.24, 2.45) is 5.41 Å². The average Bonchev–Trinajstić information content (AvgIpc) is 2.40. The fraction of sp³-hybridized carbons (Fsp3) is 0.467. The zero-order valence-corrected chi connectivity index (χ0v) is 12.3. The zero-order chi connectivity index (χ0) is 14.0. The highest BCUT2D eigenvalue weighted by molar-refractivity contribution is 7.99. The molecule has 102 valence electrons. The highest BCUT2D eigenvalue weighted by Gasteiger charge is 2.29. The molecule has 0 aromatic heterocycles. The van der Waals surface area contributed by atoms with E-state index >= 15 is 0 Å². The Balaban J connectivity index is 2.30. The first-order chi connectivity index (χ1) is 8.95. The number of ketones is 1. The van der Waals surface area contributed by atoms with Gasteiger partial charge in [0.25, 0.3) is 0 Å². The van der Waals surface area contributed by atoms with Crippen molar-refractivity contribution in [2.75, 3.05) is 5.75 Å². The lowest BCUT2D eigenvalue weighted by molar-refractivity contribution is -0.144. The Kier molecular flexibility index (Phi) is 3.99. The summed E-state index contributed by atoms with van der Waals surface area (Å²) < 4.78 is 5.50. The van der Waals surface area contributed by atoms with Gasteiger partial charge in [-0.05, 0) is 26.3 Å². The molecule has 0 spiro atoms. The van der Waals surface area contributed by atoms with Crippen LogP contribution in [0.25, 0.3) is 0 Å². The Hall–Kier alpha value is -1.29. The first kappa shape index (κ1) is 14.1. The highest BCUT2D eigenvalue weighted by Crippen LogP contribution is 2.38. The molecule has 2 rings (SSSR count). The van der Waals surface area contributed by atoms with Crippen LogP contribution in [0.2, 0.25) is 0 Å². The van der Waals surface area contributed by atoms with Crippen molar-refractivity contribution in [3.8, 4) is 5.75 Å². The van der Waals surface area contributed by atoms with Gasteiger partial charge in [-0.25, -0.2) is 0 Å². The van der Waals surface area contributed by atoms with Crippen LogP contribution in [0.1, 0.15) is 44.0 Å². The number of Topliss-reactive ketones (excluding diaryl/α,β-unsaturated/α-hetero) is 1. The Morgan fingerprint density at radius 1 is 1.42 bits per heavy atom.